The number of carbonyl (C=O) groups is 2. The molecule has 2 amide bonds. The normalized spacial score (nSPS) is 19.2. The lowest BCUT2D eigenvalue weighted by Crippen LogP contribution is -2.33. The fraction of sp³-hybridized carbons (Fsp3) is 0.556. The Morgan fingerprint density at radius 1 is 1.17 bits per heavy atom. The van der Waals surface area contributed by atoms with Crippen LogP contribution in [-0.4, -0.2) is 50.0 Å². The third-order valence-electron chi connectivity index (χ3n) is 3.82. The van der Waals surface area contributed by atoms with Gasteiger partial charge in [0.2, 0.25) is 11.8 Å². The first kappa shape index (κ1) is 18.3. The number of ether oxygens (including phenoxy) is 1. The van der Waals surface area contributed by atoms with E-state index in [0.29, 0.717) is 13.0 Å². The van der Waals surface area contributed by atoms with Gasteiger partial charge in [-0.3, -0.25) is 9.59 Å². The summed E-state index contributed by atoms with van der Waals surface area (Å²) in [5.41, 5.74) is 0.717. The molecular weight excluding hydrogens is 306 g/mol. The maximum absolute atomic E-state index is 12.2. The molecule has 1 aliphatic carbocycles. The smallest absolute Gasteiger partial charge is 0.228 e. The summed E-state index contributed by atoms with van der Waals surface area (Å²) in [7, 11) is 3.91. The summed E-state index contributed by atoms with van der Waals surface area (Å²) in [5, 5.41) is 5.73. The fourth-order valence-corrected chi connectivity index (χ4v) is 2.43. The second kappa shape index (κ2) is 8.15. The van der Waals surface area contributed by atoms with Gasteiger partial charge in [-0.05, 0) is 58.6 Å². The molecule has 1 saturated carbocycles. The average molecular weight is 333 g/mol. The minimum Gasteiger partial charge on any atom is -0.491 e. The summed E-state index contributed by atoms with van der Waals surface area (Å²) >= 11 is 0. The van der Waals surface area contributed by atoms with Gasteiger partial charge in [0.15, 0.2) is 0 Å². The van der Waals surface area contributed by atoms with Crippen molar-refractivity contribution < 1.29 is 14.3 Å². The largest absolute Gasteiger partial charge is 0.491 e. The molecule has 1 aromatic rings. The topological polar surface area (TPSA) is 70.7 Å². The van der Waals surface area contributed by atoms with Crippen molar-refractivity contribution in [1.82, 2.24) is 10.2 Å². The van der Waals surface area contributed by atoms with Crippen molar-refractivity contribution in [3.63, 3.8) is 0 Å². The minimum atomic E-state index is -0.226. The number of hydrogen-bond acceptors (Lipinski definition) is 4. The van der Waals surface area contributed by atoms with Crippen LogP contribution in [0.25, 0.3) is 0 Å². The molecule has 1 aromatic carbocycles. The first-order chi connectivity index (χ1) is 11.4. The molecule has 0 aromatic heterocycles. The number of benzene rings is 1. The molecule has 2 unspecified atom stereocenters. The molecule has 0 saturated heterocycles. The van der Waals surface area contributed by atoms with Crippen LogP contribution in [0.15, 0.2) is 24.3 Å². The van der Waals surface area contributed by atoms with E-state index in [9.17, 15) is 9.59 Å². The predicted molar refractivity (Wildman–Crippen MR) is 94.0 cm³/mol. The van der Waals surface area contributed by atoms with Crippen LogP contribution in [0, 0.1) is 11.8 Å². The SMILES string of the molecule is CC(C)Oc1ccc(NC(=O)C2CC2C(=O)NCCN(C)C)cc1. The van der Waals surface area contributed by atoms with E-state index in [1.165, 1.54) is 0 Å². The Morgan fingerprint density at radius 2 is 1.79 bits per heavy atom. The number of nitrogens with one attached hydrogen (secondary N) is 2. The van der Waals surface area contributed by atoms with E-state index in [0.717, 1.165) is 18.0 Å². The van der Waals surface area contributed by atoms with Gasteiger partial charge in [0.1, 0.15) is 5.75 Å². The van der Waals surface area contributed by atoms with E-state index in [4.69, 9.17) is 4.74 Å². The Morgan fingerprint density at radius 3 is 2.38 bits per heavy atom. The molecular formula is C18H27N3O3. The first-order valence-electron chi connectivity index (χ1n) is 8.37. The quantitative estimate of drug-likeness (QED) is 0.760. The molecule has 0 heterocycles. The van der Waals surface area contributed by atoms with Gasteiger partial charge in [0.05, 0.1) is 17.9 Å². The van der Waals surface area contributed by atoms with Gasteiger partial charge in [-0.1, -0.05) is 0 Å². The maximum atomic E-state index is 12.2. The standard InChI is InChI=1S/C18H27N3O3/c1-12(2)24-14-7-5-13(6-8-14)20-18(23)16-11-15(16)17(22)19-9-10-21(3)4/h5-8,12,15-16H,9-11H2,1-4H3,(H,19,22)(H,20,23). The van der Waals surface area contributed by atoms with E-state index in [1.807, 2.05) is 57.1 Å². The van der Waals surface area contributed by atoms with E-state index in [2.05, 4.69) is 10.6 Å². The van der Waals surface area contributed by atoms with Crippen molar-refractivity contribution >= 4 is 17.5 Å². The van der Waals surface area contributed by atoms with Gasteiger partial charge in [-0.2, -0.15) is 0 Å². The minimum absolute atomic E-state index is 0.0299. The Bertz CT molecular complexity index is 569. The summed E-state index contributed by atoms with van der Waals surface area (Å²) in [6.07, 6.45) is 0.734. The number of nitrogens with zero attached hydrogens (tertiary/aromatic N) is 1. The molecule has 6 heteroatoms. The molecule has 132 valence electrons. The molecule has 0 bridgehead atoms. The third kappa shape index (κ3) is 5.53. The van der Waals surface area contributed by atoms with Crippen molar-refractivity contribution in [2.24, 2.45) is 11.8 Å². The molecule has 0 spiro atoms. The van der Waals surface area contributed by atoms with E-state index < -0.39 is 0 Å². The number of hydrogen-bond donors (Lipinski definition) is 2. The van der Waals surface area contributed by atoms with Gasteiger partial charge >= 0.3 is 0 Å². The first-order valence-corrected chi connectivity index (χ1v) is 8.37. The molecule has 2 atom stereocenters. The molecule has 0 radical (unpaired) electrons. The highest BCUT2D eigenvalue weighted by Gasteiger charge is 2.47. The second-order valence-electron chi connectivity index (χ2n) is 6.72. The van der Waals surface area contributed by atoms with E-state index >= 15 is 0 Å². The Hall–Kier alpha value is -2.08. The zero-order chi connectivity index (χ0) is 17.7. The Labute approximate surface area is 143 Å². The lowest BCUT2D eigenvalue weighted by molar-refractivity contribution is -0.125. The lowest BCUT2D eigenvalue weighted by atomic mass is 10.2. The Kier molecular flexibility index (Phi) is 6.20. The van der Waals surface area contributed by atoms with Gasteiger partial charge < -0.3 is 20.3 Å². The van der Waals surface area contributed by atoms with Crippen molar-refractivity contribution in [3.8, 4) is 5.75 Å². The second-order valence-corrected chi connectivity index (χ2v) is 6.72. The highest BCUT2D eigenvalue weighted by molar-refractivity contribution is 5.99. The Balaban J connectivity index is 1.76. The van der Waals surface area contributed by atoms with E-state index in [-0.39, 0.29) is 29.8 Å². The van der Waals surface area contributed by atoms with E-state index in [1.54, 1.807) is 0 Å². The van der Waals surface area contributed by atoms with Crippen molar-refractivity contribution in [1.29, 1.82) is 0 Å². The molecule has 24 heavy (non-hydrogen) atoms. The number of amides is 2. The van der Waals surface area contributed by atoms with Crippen LogP contribution in [0.2, 0.25) is 0 Å². The van der Waals surface area contributed by atoms with Crippen LogP contribution >= 0.6 is 0 Å². The monoisotopic (exact) mass is 333 g/mol. The number of anilines is 1. The summed E-state index contributed by atoms with van der Waals surface area (Å²) in [6, 6.07) is 7.27. The summed E-state index contributed by atoms with van der Waals surface area (Å²) in [4.78, 5) is 26.2. The predicted octanol–water partition coefficient (Wildman–Crippen LogP) is 1.73. The number of carbonyl (C=O) groups excluding carboxylic acids is 2. The lowest BCUT2D eigenvalue weighted by Gasteiger charge is -2.11. The van der Waals surface area contributed by atoms with Gasteiger partial charge in [-0.25, -0.2) is 0 Å². The van der Waals surface area contributed by atoms with Crippen molar-refractivity contribution in [3.05, 3.63) is 24.3 Å². The van der Waals surface area contributed by atoms with Crippen molar-refractivity contribution in [2.75, 3.05) is 32.5 Å². The average Bonchev–Trinajstić information content (AvgIpc) is 3.29. The summed E-state index contributed by atoms with van der Waals surface area (Å²) in [6.45, 7) is 5.33. The maximum Gasteiger partial charge on any atom is 0.228 e. The zero-order valence-corrected chi connectivity index (χ0v) is 14.8. The van der Waals surface area contributed by atoms with Gasteiger partial charge in [0, 0.05) is 18.8 Å². The van der Waals surface area contributed by atoms with Gasteiger partial charge in [0.25, 0.3) is 0 Å². The van der Waals surface area contributed by atoms with Crippen LogP contribution in [-0.2, 0) is 9.59 Å². The molecule has 0 aliphatic heterocycles. The molecule has 2 N–H and O–H groups in total. The van der Waals surface area contributed by atoms with Gasteiger partial charge in [-0.15, -0.1) is 0 Å². The summed E-state index contributed by atoms with van der Waals surface area (Å²) < 4.78 is 5.57. The molecule has 1 aliphatic rings. The number of rotatable bonds is 8. The molecule has 1 fully saturated rings. The van der Waals surface area contributed by atoms with Crippen LogP contribution in [0.1, 0.15) is 20.3 Å². The highest BCUT2D eigenvalue weighted by atomic mass is 16.5. The fourth-order valence-electron chi connectivity index (χ4n) is 2.43. The molecule has 6 nitrogen and oxygen atoms in total. The van der Waals surface area contributed by atoms with Crippen LogP contribution < -0.4 is 15.4 Å². The van der Waals surface area contributed by atoms with Crippen LogP contribution in [0.5, 0.6) is 5.75 Å². The number of likely N-dealkylation sites (N-methyl/N-ethyl adjacent to an activating group) is 1. The highest BCUT2D eigenvalue weighted by Crippen LogP contribution is 2.39. The van der Waals surface area contributed by atoms with Crippen molar-refractivity contribution in [2.45, 2.75) is 26.4 Å². The van der Waals surface area contributed by atoms with Crippen LogP contribution in [0.3, 0.4) is 0 Å². The zero-order valence-electron chi connectivity index (χ0n) is 14.8. The van der Waals surface area contributed by atoms with Crippen LogP contribution in [0.4, 0.5) is 5.69 Å². The summed E-state index contributed by atoms with van der Waals surface area (Å²) in [5.74, 6) is 0.220. The third-order valence-corrected chi connectivity index (χ3v) is 3.82. The molecule has 2 rings (SSSR count).